The van der Waals surface area contributed by atoms with Gasteiger partial charge in [-0.2, -0.15) is 0 Å². The Morgan fingerprint density at radius 2 is 2.21 bits per heavy atom. The molecule has 2 aliphatic heterocycles. The van der Waals surface area contributed by atoms with E-state index < -0.39 is 0 Å². The van der Waals surface area contributed by atoms with Gasteiger partial charge >= 0.3 is 0 Å². The molecule has 2 atom stereocenters. The Bertz CT molecular complexity index is 395. The molecule has 3 heterocycles. The minimum atomic E-state index is 0.721. The fourth-order valence-corrected chi connectivity index (χ4v) is 3.54. The fourth-order valence-electron chi connectivity index (χ4n) is 3.54. The standard InChI is InChI=1S/C16H25N3/c1-13-7-8-14(11-18-13)12-19-10-3-2-6-16(19)15-5-4-9-17-15/h7-8,11,15-17H,2-6,9-10,12H2,1H3. The highest BCUT2D eigenvalue weighted by Gasteiger charge is 2.31. The number of nitrogens with one attached hydrogen (secondary N) is 1. The normalized spacial score (nSPS) is 28.7. The zero-order chi connectivity index (χ0) is 13.1. The number of aromatic nitrogens is 1. The fraction of sp³-hybridized carbons (Fsp3) is 0.688. The van der Waals surface area contributed by atoms with Crippen molar-refractivity contribution in [2.24, 2.45) is 0 Å². The Kier molecular flexibility index (Phi) is 4.14. The summed E-state index contributed by atoms with van der Waals surface area (Å²) in [7, 11) is 0. The Hall–Kier alpha value is -0.930. The molecule has 0 spiro atoms. The first kappa shape index (κ1) is 13.1. The quantitative estimate of drug-likeness (QED) is 0.904. The average molecular weight is 259 g/mol. The van der Waals surface area contributed by atoms with Crippen LogP contribution in [-0.4, -0.2) is 35.1 Å². The van der Waals surface area contributed by atoms with Crippen LogP contribution in [-0.2, 0) is 6.54 Å². The van der Waals surface area contributed by atoms with Crippen LogP contribution in [0.5, 0.6) is 0 Å². The summed E-state index contributed by atoms with van der Waals surface area (Å²) in [6.45, 7) is 5.57. The Balaban J connectivity index is 1.67. The summed E-state index contributed by atoms with van der Waals surface area (Å²) in [5.41, 5.74) is 2.46. The van der Waals surface area contributed by atoms with Crippen molar-refractivity contribution < 1.29 is 0 Å². The third kappa shape index (κ3) is 3.15. The summed E-state index contributed by atoms with van der Waals surface area (Å²) in [5, 5.41) is 3.69. The van der Waals surface area contributed by atoms with Crippen LogP contribution in [0, 0.1) is 6.92 Å². The summed E-state index contributed by atoms with van der Waals surface area (Å²) in [6.07, 6.45) is 8.85. The summed E-state index contributed by atoms with van der Waals surface area (Å²) >= 11 is 0. The van der Waals surface area contributed by atoms with E-state index in [-0.39, 0.29) is 0 Å². The van der Waals surface area contributed by atoms with Crippen LogP contribution in [0.25, 0.3) is 0 Å². The lowest BCUT2D eigenvalue weighted by atomic mass is 9.94. The predicted octanol–water partition coefficient (Wildman–Crippen LogP) is 2.50. The molecule has 0 bridgehead atoms. The highest BCUT2D eigenvalue weighted by atomic mass is 15.2. The van der Waals surface area contributed by atoms with Crippen molar-refractivity contribution in [2.75, 3.05) is 13.1 Å². The lowest BCUT2D eigenvalue weighted by molar-refractivity contribution is 0.112. The molecule has 1 aromatic heterocycles. The van der Waals surface area contributed by atoms with Crippen molar-refractivity contribution in [2.45, 2.75) is 57.7 Å². The Labute approximate surface area is 116 Å². The minimum absolute atomic E-state index is 0.721. The molecule has 0 aliphatic carbocycles. The lowest BCUT2D eigenvalue weighted by Crippen LogP contribution is -2.49. The topological polar surface area (TPSA) is 28.2 Å². The monoisotopic (exact) mass is 259 g/mol. The Morgan fingerprint density at radius 1 is 1.26 bits per heavy atom. The van der Waals surface area contributed by atoms with E-state index >= 15 is 0 Å². The van der Waals surface area contributed by atoms with Gasteiger partial charge in [0, 0.05) is 30.5 Å². The number of hydrogen-bond acceptors (Lipinski definition) is 3. The number of nitrogens with zero attached hydrogens (tertiary/aromatic N) is 2. The van der Waals surface area contributed by atoms with Gasteiger partial charge in [0.15, 0.2) is 0 Å². The molecule has 0 amide bonds. The molecule has 19 heavy (non-hydrogen) atoms. The van der Waals surface area contributed by atoms with E-state index in [0.29, 0.717) is 0 Å². The van der Waals surface area contributed by atoms with Gasteiger partial charge in [-0.15, -0.1) is 0 Å². The number of aryl methyl sites for hydroxylation is 1. The van der Waals surface area contributed by atoms with Crippen LogP contribution in [0.3, 0.4) is 0 Å². The van der Waals surface area contributed by atoms with Gasteiger partial charge in [0.05, 0.1) is 0 Å². The molecule has 1 aromatic rings. The van der Waals surface area contributed by atoms with Crippen molar-refractivity contribution in [3.8, 4) is 0 Å². The van der Waals surface area contributed by atoms with Crippen LogP contribution in [0.15, 0.2) is 18.3 Å². The zero-order valence-corrected chi connectivity index (χ0v) is 11.9. The van der Waals surface area contributed by atoms with E-state index in [4.69, 9.17) is 0 Å². The van der Waals surface area contributed by atoms with Gasteiger partial charge in [0.1, 0.15) is 0 Å². The number of piperidine rings is 1. The molecule has 1 N–H and O–H groups in total. The first-order valence-electron chi connectivity index (χ1n) is 7.72. The lowest BCUT2D eigenvalue weighted by Gasteiger charge is -2.39. The van der Waals surface area contributed by atoms with Crippen molar-refractivity contribution in [3.05, 3.63) is 29.6 Å². The molecule has 2 saturated heterocycles. The van der Waals surface area contributed by atoms with E-state index in [9.17, 15) is 0 Å². The molecule has 2 aliphatic rings. The van der Waals surface area contributed by atoms with Gasteiger partial charge in [-0.1, -0.05) is 12.5 Å². The van der Waals surface area contributed by atoms with E-state index in [0.717, 1.165) is 24.3 Å². The molecule has 104 valence electrons. The van der Waals surface area contributed by atoms with Crippen molar-refractivity contribution in [1.29, 1.82) is 0 Å². The molecule has 3 nitrogen and oxygen atoms in total. The summed E-state index contributed by atoms with van der Waals surface area (Å²) in [6, 6.07) is 5.81. The van der Waals surface area contributed by atoms with Gasteiger partial charge in [0.2, 0.25) is 0 Å². The predicted molar refractivity (Wildman–Crippen MR) is 78.0 cm³/mol. The highest BCUT2D eigenvalue weighted by Crippen LogP contribution is 2.25. The van der Waals surface area contributed by atoms with Crippen molar-refractivity contribution in [1.82, 2.24) is 15.2 Å². The average Bonchev–Trinajstić information content (AvgIpc) is 2.96. The van der Waals surface area contributed by atoms with Crippen LogP contribution in [0.4, 0.5) is 0 Å². The van der Waals surface area contributed by atoms with Gasteiger partial charge < -0.3 is 5.32 Å². The molecular formula is C16H25N3. The number of rotatable bonds is 3. The van der Waals surface area contributed by atoms with Gasteiger partial charge in [-0.25, -0.2) is 0 Å². The number of pyridine rings is 1. The first-order chi connectivity index (χ1) is 9.33. The maximum atomic E-state index is 4.42. The second kappa shape index (κ2) is 6.02. The van der Waals surface area contributed by atoms with Crippen LogP contribution in [0.1, 0.15) is 43.4 Å². The molecule has 3 rings (SSSR count). The van der Waals surface area contributed by atoms with E-state index in [2.05, 4.69) is 34.3 Å². The third-order valence-corrected chi connectivity index (χ3v) is 4.59. The van der Waals surface area contributed by atoms with E-state index in [1.807, 2.05) is 6.20 Å². The summed E-state index contributed by atoms with van der Waals surface area (Å²) in [4.78, 5) is 7.10. The van der Waals surface area contributed by atoms with Crippen molar-refractivity contribution in [3.63, 3.8) is 0 Å². The van der Waals surface area contributed by atoms with Crippen molar-refractivity contribution >= 4 is 0 Å². The molecule has 0 saturated carbocycles. The third-order valence-electron chi connectivity index (χ3n) is 4.59. The van der Waals surface area contributed by atoms with Gasteiger partial charge in [0.25, 0.3) is 0 Å². The smallest absolute Gasteiger partial charge is 0.0372 e. The second-order valence-corrected chi connectivity index (χ2v) is 6.04. The summed E-state index contributed by atoms with van der Waals surface area (Å²) in [5.74, 6) is 0. The van der Waals surface area contributed by atoms with Crippen LogP contribution >= 0.6 is 0 Å². The Morgan fingerprint density at radius 3 is 2.95 bits per heavy atom. The van der Waals surface area contributed by atoms with Gasteiger partial charge in [-0.05, 0) is 57.3 Å². The molecule has 2 fully saturated rings. The maximum Gasteiger partial charge on any atom is 0.0372 e. The van der Waals surface area contributed by atoms with Gasteiger partial charge in [-0.3, -0.25) is 9.88 Å². The maximum absolute atomic E-state index is 4.42. The molecule has 2 unspecified atom stereocenters. The highest BCUT2D eigenvalue weighted by molar-refractivity contribution is 5.13. The van der Waals surface area contributed by atoms with E-state index in [1.165, 1.54) is 50.8 Å². The largest absolute Gasteiger partial charge is 0.312 e. The minimum Gasteiger partial charge on any atom is -0.312 e. The molecular weight excluding hydrogens is 234 g/mol. The number of hydrogen-bond donors (Lipinski definition) is 1. The molecule has 3 heteroatoms. The van der Waals surface area contributed by atoms with Crippen LogP contribution in [0.2, 0.25) is 0 Å². The summed E-state index contributed by atoms with van der Waals surface area (Å²) < 4.78 is 0. The molecule has 0 aromatic carbocycles. The number of likely N-dealkylation sites (tertiary alicyclic amines) is 1. The zero-order valence-electron chi connectivity index (χ0n) is 11.9. The second-order valence-electron chi connectivity index (χ2n) is 6.04. The van der Waals surface area contributed by atoms with Crippen LogP contribution < -0.4 is 5.32 Å². The SMILES string of the molecule is Cc1ccc(CN2CCCCC2C2CCCN2)cn1. The molecule has 0 radical (unpaired) electrons. The van der Waals surface area contributed by atoms with E-state index in [1.54, 1.807) is 0 Å². The first-order valence-corrected chi connectivity index (χ1v) is 7.72.